The standard InChI is InChI=1S/C13H27N/c1-5-10-14(4)13-8-6-12(7-9-13)11(2)3/h11-13H,5-10H2,1-4H3/t12-,13-. The van der Waals surface area contributed by atoms with E-state index < -0.39 is 0 Å². The van der Waals surface area contributed by atoms with E-state index in [1.165, 1.54) is 38.6 Å². The molecule has 0 atom stereocenters. The molecule has 14 heavy (non-hydrogen) atoms. The van der Waals surface area contributed by atoms with E-state index in [1.807, 2.05) is 0 Å². The summed E-state index contributed by atoms with van der Waals surface area (Å²) >= 11 is 0. The van der Waals surface area contributed by atoms with Crippen molar-refractivity contribution in [3.05, 3.63) is 0 Å². The molecule has 1 heteroatoms. The van der Waals surface area contributed by atoms with Gasteiger partial charge in [-0.1, -0.05) is 20.8 Å². The third-order valence-electron chi connectivity index (χ3n) is 3.88. The van der Waals surface area contributed by atoms with Crippen molar-refractivity contribution in [3.63, 3.8) is 0 Å². The van der Waals surface area contributed by atoms with Gasteiger partial charge in [0.1, 0.15) is 0 Å². The number of nitrogens with zero attached hydrogens (tertiary/aromatic N) is 1. The van der Waals surface area contributed by atoms with E-state index in [1.54, 1.807) is 0 Å². The highest BCUT2D eigenvalue weighted by atomic mass is 15.1. The minimum atomic E-state index is 0.880. The van der Waals surface area contributed by atoms with Gasteiger partial charge in [-0.3, -0.25) is 0 Å². The fourth-order valence-electron chi connectivity index (χ4n) is 2.74. The Kier molecular flexibility index (Phi) is 4.94. The molecule has 0 amide bonds. The van der Waals surface area contributed by atoms with Crippen LogP contribution in [0.25, 0.3) is 0 Å². The SMILES string of the molecule is CCCN(C)[C@H]1CC[C@H](C(C)C)CC1. The van der Waals surface area contributed by atoms with Crippen LogP contribution in [0, 0.1) is 11.8 Å². The summed E-state index contributed by atoms with van der Waals surface area (Å²) in [4.78, 5) is 2.57. The van der Waals surface area contributed by atoms with Gasteiger partial charge in [0, 0.05) is 6.04 Å². The van der Waals surface area contributed by atoms with Gasteiger partial charge in [-0.05, 0) is 57.5 Å². The Morgan fingerprint density at radius 3 is 2.14 bits per heavy atom. The molecule has 0 saturated heterocycles. The minimum absolute atomic E-state index is 0.880. The fourth-order valence-corrected chi connectivity index (χ4v) is 2.74. The zero-order valence-corrected chi connectivity index (χ0v) is 10.4. The molecule has 0 bridgehead atoms. The highest BCUT2D eigenvalue weighted by Gasteiger charge is 2.24. The maximum Gasteiger partial charge on any atom is 0.00924 e. The first kappa shape index (κ1) is 12.0. The van der Waals surface area contributed by atoms with Crippen molar-refractivity contribution < 1.29 is 0 Å². The molecule has 1 saturated carbocycles. The predicted molar refractivity (Wildman–Crippen MR) is 63.5 cm³/mol. The van der Waals surface area contributed by atoms with E-state index in [-0.39, 0.29) is 0 Å². The van der Waals surface area contributed by atoms with Gasteiger partial charge in [-0.25, -0.2) is 0 Å². The van der Waals surface area contributed by atoms with Crippen LogP contribution in [0.3, 0.4) is 0 Å². The molecule has 0 aromatic rings. The van der Waals surface area contributed by atoms with Gasteiger partial charge in [-0.15, -0.1) is 0 Å². The second-order valence-electron chi connectivity index (χ2n) is 5.29. The van der Waals surface area contributed by atoms with Gasteiger partial charge in [-0.2, -0.15) is 0 Å². The molecule has 84 valence electrons. The van der Waals surface area contributed by atoms with Crippen LogP contribution in [0.5, 0.6) is 0 Å². The van der Waals surface area contributed by atoms with Crippen molar-refractivity contribution in [2.75, 3.05) is 13.6 Å². The molecule has 0 unspecified atom stereocenters. The molecular formula is C13H27N. The average Bonchev–Trinajstić information content (AvgIpc) is 2.18. The van der Waals surface area contributed by atoms with Crippen molar-refractivity contribution >= 4 is 0 Å². The Balaban J connectivity index is 2.28. The summed E-state index contributed by atoms with van der Waals surface area (Å²) in [5.74, 6) is 1.90. The summed E-state index contributed by atoms with van der Waals surface area (Å²) in [5.41, 5.74) is 0. The zero-order chi connectivity index (χ0) is 10.6. The van der Waals surface area contributed by atoms with Gasteiger partial charge in [0.05, 0.1) is 0 Å². The topological polar surface area (TPSA) is 3.24 Å². The first-order valence-corrected chi connectivity index (χ1v) is 6.35. The Bertz CT molecular complexity index is 145. The average molecular weight is 197 g/mol. The Morgan fingerprint density at radius 1 is 1.14 bits per heavy atom. The molecule has 1 aliphatic rings. The van der Waals surface area contributed by atoms with Crippen molar-refractivity contribution in [1.82, 2.24) is 4.90 Å². The van der Waals surface area contributed by atoms with Gasteiger partial charge >= 0.3 is 0 Å². The Labute approximate surface area is 89.9 Å². The number of hydrogen-bond donors (Lipinski definition) is 0. The lowest BCUT2D eigenvalue weighted by Gasteiger charge is -2.36. The van der Waals surface area contributed by atoms with Crippen LogP contribution in [-0.4, -0.2) is 24.5 Å². The zero-order valence-electron chi connectivity index (χ0n) is 10.4. The first-order valence-electron chi connectivity index (χ1n) is 6.35. The van der Waals surface area contributed by atoms with E-state index in [0.29, 0.717) is 0 Å². The van der Waals surface area contributed by atoms with Gasteiger partial charge in [0.15, 0.2) is 0 Å². The predicted octanol–water partition coefficient (Wildman–Crippen LogP) is 3.54. The number of hydrogen-bond acceptors (Lipinski definition) is 1. The third-order valence-corrected chi connectivity index (χ3v) is 3.88. The quantitative estimate of drug-likeness (QED) is 0.666. The van der Waals surface area contributed by atoms with E-state index in [2.05, 4.69) is 32.7 Å². The van der Waals surface area contributed by atoms with Crippen LogP contribution >= 0.6 is 0 Å². The molecule has 1 nitrogen and oxygen atoms in total. The lowest BCUT2D eigenvalue weighted by atomic mass is 9.79. The second kappa shape index (κ2) is 5.75. The van der Waals surface area contributed by atoms with Crippen molar-refractivity contribution in [2.45, 2.75) is 58.9 Å². The summed E-state index contributed by atoms with van der Waals surface area (Å²) in [7, 11) is 2.30. The van der Waals surface area contributed by atoms with Crippen LogP contribution in [0.2, 0.25) is 0 Å². The summed E-state index contributed by atoms with van der Waals surface area (Å²) in [6.45, 7) is 8.30. The van der Waals surface area contributed by atoms with Crippen molar-refractivity contribution in [1.29, 1.82) is 0 Å². The summed E-state index contributed by atoms with van der Waals surface area (Å²) in [6.07, 6.45) is 7.06. The summed E-state index contributed by atoms with van der Waals surface area (Å²) < 4.78 is 0. The van der Waals surface area contributed by atoms with Crippen LogP contribution in [0.4, 0.5) is 0 Å². The Hall–Kier alpha value is -0.0400. The van der Waals surface area contributed by atoms with E-state index in [9.17, 15) is 0 Å². The van der Waals surface area contributed by atoms with Gasteiger partial charge < -0.3 is 4.90 Å². The maximum atomic E-state index is 2.57. The largest absolute Gasteiger partial charge is 0.303 e. The lowest BCUT2D eigenvalue weighted by molar-refractivity contribution is 0.147. The van der Waals surface area contributed by atoms with Gasteiger partial charge in [0.2, 0.25) is 0 Å². The Morgan fingerprint density at radius 2 is 1.71 bits per heavy atom. The normalized spacial score (nSPS) is 28.7. The van der Waals surface area contributed by atoms with E-state index in [0.717, 1.165) is 17.9 Å². The highest BCUT2D eigenvalue weighted by molar-refractivity contribution is 4.79. The van der Waals surface area contributed by atoms with Crippen molar-refractivity contribution in [2.24, 2.45) is 11.8 Å². The molecule has 0 radical (unpaired) electrons. The molecule has 0 aromatic heterocycles. The van der Waals surface area contributed by atoms with Crippen LogP contribution in [-0.2, 0) is 0 Å². The summed E-state index contributed by atoms with van der Waals surface area (Å²) in [5, 5.41) is 0. The van der Waals surface area contributed by atoms with E-state index in [4.69, 9.17) is 0 Å². The fraction of sp³-hybridized carbons (Fsp3) is 1.00. The molecule has 0 aromatic carbocycles. The number of rotatable bonds is 4. The molecule has 0 aliphatic heterocycles. The molecule has 0 N–H and O–H groups in total. The monoisotopic (exact) mass is 197 g/mol. The highest BCUT2D eigenvalue weighted by Crippen LogP contribution is 2.31. The van der Waals surface area contributed by atoms with Crippen LogP contribution < -0.4 is 0 Å². The van der Waals surface area contributed by atoms with Gasteiger partial charge in [0.25, 0.3) is 0 Å². The molecule has 0 spiro atoms. The van der Waals surface area contributed by atoms with Crippen LogP contribution in [0.15, 0.2) is 0 Å². The maximum absolute atomic E-state index is 2.57. The first-order chi connectivity index (χ1) is 6.65. The lowest BCUT2D eigenvalue weighted by Crippen LogP contribution is -2.36. The van der Waals surface area contributed by atoms with Crippen molar-refractivity contribution in [3.8, 4) is 0 Å². The third kappa shape index (κ3) is 3.27. The molecule has 0 heterocycles. The smallest absolute Gasteiger partial charge is 0.00924 e. The minimum Gasteiger partial charge on any atom is -0.303 e. The molecule has 1 fully saturated rings. The molecular weight excluding hydrogens is 170 g/mol. The summed E-state index contributed by atoms with van der Waals surface area (Å²) in [6, 6.07) is 0.880. The van der Waals surface area contributed by atoms with Crippen LogP contribution in [0.1, 0.15) is 52.9 Å². The molecule has 1 rings (SSSR count). The second-order valence-corrected chi connectivity index (χ2v) is 5.29. The van der Waals surface area contributed by atoms with E-state index >= 15 is 0 Å². The molecule has 1 aliphatic carbocycles.